The topological polar surface area (TPSA) is 43.1 Å². The van der Waals surface area contributed by atoms with E-state index in [0.717, 1.165) is 11.1 Å². The number of halogens is 1. The average Bonchev–Trinajstić information content (AvgIpc) is 2.41. The predicted molar refractivity (Wildman–Crippen MR) is 76.6 cm³/mol. The summed E-state index contributed by atoms with van der Waals surface area (Å²) in [5.41, 5.74) is 1.85. The summed E-state index contributed by atoms with van der Waals surface area (Å²) < 4.78 is 0. The first-order chi connectivity index (χ1) is 9.15. The fourth-order valence-corrected chi connectivity index (χ4v) is 1.85. The number of hydrogen-bond acceptors (Lipinski definition) is 2. The summed E-state index contributed by atoms with van der Waals surface area (Å²) in [5, 5.41) is 11.7. The van der Waals surface area contributed by atoms with Gasteiger partial charge >= 0.3 is 0 Å². The largest absolute Gasteiger partial charge is 0.259 e. The first kappa shape index (κ1) is 13.3. The molecular weight excluding hydrogens is 262 g/mol. The Kier molecular flexibility index (Phi) is 4.31. The molecule has 0 N–H and O–H groups in total. The predicted octanol–water partition coefficient (Wildman–Crippen LogP) is 4.20. The van der Waals surface area contributed by atoms with Gasteiger partial charge in [-0.25, -0.2) is 0 Å². The lowest BCUT2D eigenvalue weighted by atomic mass is 10.1. The van der Waals surface area contributed by atoms with Crippen molar-refractivity contribution in [3.05, 3.63) is 86.6 Å². The quantitative estimate of drug-likeness (QED) is 0.619. The number of hydrogen-bond donors (Lipinski definition) is 0. The molecule has 0 heterocycles. The van der Waals surface area contributed by atoms with Crippen LogP contribution >= 0.6 is 11.6 Å². The highest BCUT2D eigenvalue weighted by atomic mass is 35.5. The summed E-state index contributed by atoms with van der Waals surface area (Å²) in [6.45, 7) is 0. The number of allylic oxidation sites excluding steroid dienone is 1. The molecule has 96 valence electrons. The van der Waals surface area contributed by atoms with Crippen LogP contribution in [0.1, 0.15) is 11.1 Å². The highest BCUT2D eigenvalue weighted by Gasteiger charge is 2.11. The molecule has 0 bridgehead atoms. The minimum atomic E-state index is -0.346. The summed E-state index contributed by atoms with van der Waals surface area (Å²) in [7, 11) is 0. The minimum absolute atomic E-state index is 0.161. The Hall–Kier alpha value is -2.13. The van der Waals surface area contributed by atoms with E-state index in [1.165, 1.54) is 0 Å². The Morgan fingerprint density at radius 1 is 1.11 bits per heavy atom. The fourth-order valence-electron chi connectivity index (χ4n) is 1.72. The Morgan fingerprint density at radius 3 is 2.32 bits per heavy atom. The van der Waals surface area contributed by atoms with E-state index in [0.29, 0.717) is 11.4 Å². The fraction of sp³-hybridized carbons (Fsp3) is 0.0667. The van der Waals surface area contributed by atoms with Crippen LogP contribution in [0, 0.1) is 10.1 Å². The third kappa shape index (κ3) is 3.93. The normalized spacial score (nSPS) is 11.3. The highest BCUT2D eigenvalue weighted by Crippen LogP contribution is 2.15. The molecule has 0 saturated carbocycles. The zero-order valence-corrected chi connectivity index (χ0v) is 10.9. The second kappa shape index (κ2) is 6.16. The molecule has 19 heavy (non-hydrogen) atoms. The van der Waals surface area contributed by atoms with Gasteiger partial charge in [-0.1, -0.05) is 54.1 Å². The number of nitrogens with zero attached hydrogens (tertiary/aromatic N) is 1. The number of nitro groups is 1. The van der Waals surface area contributed by atoms with Crippen LogP contribution in [0.5, 0.6) is 0 Å². The van der Waals surface area contributed by atoms with Crippen molar-refractivity contribution in [2.45, 2.75) is 6.42 Å². The second-order valence-electron chi connectivity index (χ2n) is 4.11. The molecule has 0 aliphatic rings. The Morgan fingerprint density at radius 2 is 1.74 bits per heavy atom. The maximum atomic E-state index is 11.1. The van der Waals surface area contributed by atoms with E-state index < -0.39 is 0 Å². The van der Waals surface area contributed by atoms with Crippen molar-refractivity contribution in [2.75, 3.05) is 0 Å². The van der Waals surface area contributed by atoms with E-state index in [1.54, 1.807) is 30.3 Å². The van der Waals surface area contributed by atoms with Crippen LogP contribution in [0.4, 0.5) is 0 Å². The molecule has 2 rings (SSSR count). The molecule has 2 aromatic carbocycles. The lowest BCUT2D eigenvalue weighted by Gasteiger charge is -2.00. The molecule has 0 atom stereocenters. The summed E-state index contributed by atoms with van der Waals surface area (Å²) >= 11 is 5.79. The van der Waals surface area contributed by atoms with Crippen molar-refractivity contribution in [1.82, 2.24) is 0 Å². The average molecular weight is 274 g/mol. The second-order valence-corrected chi connectivity index (χ2v) is 4.54. The van der Waals surface area contributed by atoms with Gasteiger partial charge in [0.1, 0.15) is 0 Å². The van der Waals surface area contributed by atoms with Gasteiger partial charge in [0.25, 0.3) is 5.70 Å². The van der Waals surface area contributed by atoms with Crippen LogP contribution in [-0.2, 0) is 6.42 Å². The van der Waals surface area contributed by atoms with Crippen molar-refractivity contribution in [3.63, 3.8) is 0 Å². The van der Waals surface area contributed by atoms with Crippen LogP contribution in [-0.4, -0.2) is 4.92 Å². The minimum Gasteiger partial charge on any atom is -0.259 e. The van der Waals surface area contributed by atoms with Gasteiger partial charge < -0.3 is 0 Å². The van der Waals surface area contributed by atoms with Crippen molar-refractivity contribution in [2.24, 2.45) is 0 Å². The Labute approximate surface area is 116 Å². The molecule has 0 amide bonds. The van der Waals surface area contributed by atoms with E-state index in [2.05, 4.69) is 0 Å². The standard InChI is InChI=1S/C15H12ClNO2/c16-14-8-6-13(7-9-14)11-15(17(18)19)10-12-4-2-1-3-5-12/h1-9,11H,10H2. The first-order valence-electron chi connectivity index (χ1n) is 5.79. The van der Waals surface area contributed by atoms with E-state index in [-0.39, 0.29) is 10.6 Å². The van der Waals surface area contributed by atoms with Gasteiger partial charge in [-0.05, 0) is 23.3 Å². The summed E-state index contributed by atoms with van der Waals surface area (Å²) in [6.07, 6.45) is 1.87. The smallest absolute Gasteiger partial charge is 0.251 e. The van der Waals surface area contributed by atoms with Crippen molar-refractivity contribution >= 4 is 17.7 Å². The summed E-state index contributed by atoms with van der Waals surface area (Å²) in [6, 6.07) is 16.3. The molecule has 0 aromatic heterocycles. The van der Waals surface area contributed by atoms with Gasteiger partial charge in [-0.2, -0.15) is 0 Å². The first-order valence-corrected chi connectivity index (χ1v) is 6.17. The van der Waals surface area contributed by atoms with Crippen molar-refractivity contribution in [3.8, 4) is 0 Å². The molecule has 0 spiro atoms. The molecule has 4 heteroatoms. The molecule has 0 fully saturated rings. The van der Waals surface area contributed by atoms with E-state index >= 15 is 0 Å². The third-order valence-electron chi connectivity index (χ3n) is 2.67. The van der Waals surface area contributed by atoms with Crippen LogP contribution in [0.15, 0.2) is 60.3 Å². The number of rotatable bonds is 4. The van der Waals surface area contributed by atoms with Crippen LogP contribution in [0.3, 0.4) is 0 Å². The van der Waals surface area contributed by atoms with Crippen LogP contribution in [0.2, 0.25) is 5.02 Å². The van der Waals surface area contributed by atoms with E-state index in [4.69, 9.17) is 11.6 Å². The summed E-state index contributed by atoms with van der Waals surface area (Å²) in [4.78, 5) is 10.7. The van der Waals surface area contributed by atoms with E-state index in [9.17, 15) is 10.1 Å². The van der Waals surface area contributed by atoms with Crippen molar-refractivity contribution < 1.29 is 4.92 Å². The van der Waals surface area contributed by atoms with Gasteiger partial charge in [0.15, 0.2) is 0 Å². The van der Waals surface area contributed by atoms with Gasteiger partial charge in [0, 0.05) is 11.1 Å². The summed E-state index contributed by atoms with van der Waals surface area (Å²) in [5.74, 6) is 0. The molecular formula is C15H12ClNO2. The zero-order valence-electron chi connectivity index (χ0n) is 10.1. The Balaban J connectivity index is 2.25. The van der Waals surface area contributed by atoms with Crippen molar-refractivity contribution in [1.29, 1.82) is 0 Å². The van der Waals surface area contributed by atoms with Gasteiger partial charge in [0.2, 0.25) is 0 Å². The molecule has 0 radical (unpaired) electrons. The van der Waals surface area contributed by atoms with Gasteiger partial charge in [0.05, 0.1) is 11.3 Å². The highest BCUT2D eigenvalue weighted by molar-refractivity contribution is 6.30. The molecule has 0 saturated heterocycles. The Bertz CT molecular complexity index is 591. The molecule has 0 aliphatic carbocycles. The van der Waals surface area contributed by atoms with Crippen LogP contribution < -0.4 is 0 Å². The maximum Gasteiger partial charge on any atom is 0.251 e. The van der Waals surface area contributed by atoms with Crippen LogP contribution in [0.25, 0.3) is 6.08 Å². The molecule has 0 aliphatic heterocycles. The molecule has 0 unspecified atom stereocenters. The molecule has 2 aromatic rings. The lowest BCUT2D eigenvalue weighted by molar-refractivity contribution is -0.425. The maximum absolute atomic E-state index is 11.1. The zero-order chi connectivity index (χ0) is 13.7. The SMILES string of the molecule is O=[N+]([O-])C(=Cc1ccc(Cl)cc1)Cc1ccccc1. The monoisotopic (exact) mass is 273 g/mol. The van der Waals surface area contributed by atoms with Gasteiger partial charge in [-0.15, -0.1) is 0 Å². The number of benzene rings is 2. The third-order valence-corrected chi connectivity index (χ3v) is 2.92. The van der Waals surface area contributed by atoms with E-state index in [1.807, 2.05) is 30.3 Å². The molecule has 3 nitrogen and oxygen atoms in total. The van der Waals surface area contributed by atoms with Gasteiger partial charge in [-0.3, -0.25) is 10.1 Å². The lowest BCUT2D eigenvalue weighted by Crippen LogP contribution is -2.02.